The number of anilines is 2. The van der Waals surface area contributed by atoms with Crippen LogP contribution in [0.5, 0.6) is 5.75 Å². The maximum absolute atomic E-state index is 12.9. The average molecular weight is 485 g/mol. The van der Waals surface area contributed by atoms with Gasteiger partial charge in [-0.2, -0.15) is 0 Å². The third-order valence-electron chi connectivity index (χ3n) is 6.10. The molecule has 0 aromatic heterocycles. The molecule has 1 heterocycles. The number of carbonyl (C=O) groups excluding carboxylic acids is 2. The summed E-state index contributed by atoms with van der Waals surface area (Å²) >= 11 is 0. The van der Waals surface area contributed by atoms with Crippen LogP contribution in [-0.4, -0.2) is 68.0 Å². The Labute approximate surface area is 212 Å². The largest absolute Gasteiger partial charge is 0.497 e. The molecule has 1 aliphatic heterocycles. The first-order valence-electron chi connectivity index (χ1n) is 12.1. The number of rotatable bonds is 9. The molecule has 4 rings (SSSR count). The Kier molecular flexibility index (Phi) is 8.86. The van der Waals surface area contributed by atoms with Crippen molar-refractivity contribution in [3.8, 4) is 5.75 Å². The van der Waals surface area contributed by atoms with Gasteiger partial charge in [0.25, 0.3) is 5.91 Å². The lowest BCUT2D eigenvalue weighted by Gasteiger charge is -2.33. The number of hydrogen-bond donors (Lipinski definition) is 2. The smallest absolute Gasteiger partial charge is 0.257 e. The number of nitrogens with zero attached hydrogens (tertiary/aromatic N) is 2. The van der Waals surface area contributed by atoms with E-state index in [4.69, 9.17) is 4.74 Å². The minimum absolute atomic E-state index is 0.128. The number of ether oxygens (including phenoxy) is 1. The molecule has 0 unspecified atom stereocenters. The summed E-state index contributed by atoms with van der Waals surface area (Å²) < 4.78 is 5.15. The van der Waals surface area contributed by atoms with Crippen LogP contribution in [0.2, 0.25) is 0 Å². The average Bonchev–Trinajstić information content (AvgIpc) is 2.91. The summed E-state index contributed by atoms with van der Waals surface area (Å²) in [5.74, 6) is 0.301. The molecule has 1 aliphatic rings. The van der Waals surface area contributed by atoms with E-state index in [2.05, 4.69) is 44.7 Å². The molecule has 0 atom stereocenters. The van der Waals surface area contributed by atoms with Gasteiger partial charge in [0.2, 0.25) is 5.91 Å². The highest BCUT2D eigenvalue weighted by atomic mass is 16.5. The van der Waals surface area contributed by atoms with E-state index < -0.39 is 0 Å². The van der Waals surface area contributed by atoms with Gasteiger partial charge in [0.1, 0.15) is 5.75 Å². The van der Waals surface area contributed by atoms with Crippen molar-refractivity contribution in [2.75, 3.05) is 57.0 Å². The number of hydrogen-bond acceptors (Lipinski definition) is 5. The molecule has 3 aromatic rings. The van der Waals surface area contributed by atoms with Gasteiger partial charge in [-0.3, -0.25) is 19.4 Å². The van der Waals surface area contributed by atoms with E-state index in [1.54, 1.807) is 49.6 Å². The molecule has 36 heavy (non-hydrogen) atoms. The minimum atomic E-state index is -0.284. The highest BCUT2D eigenvalue weighted by Gasteiger charge is 2.19. The first-order chi connectivity index (χ1) is 17.6. The topological polar surface area (TPSA) is 73.9 Å². The van der Waals surface area contributed by atoms with E-state index in [0.29, 0.717) is 29.2 Å². The highest BCUT2D eigenvalue weighted by Crippen LogP contribution is 2.19. The van der Waals surface area contributed by atoms with Gasteiger partial charge in [0, 0.05) is 38.4 Å². The Hall–Kier alpha value is -3.94. The summed E-state index contributed by atoms with van der Waals surface area (Å²) in [6.45, 7) is 4.66. The lowest BCUT2D eigenvalue weighted by Crippen LogP contribution is -2.48. The number of benzene rings is 3. The Morgan fingerprint density at radius 1 is 0.833 bits per heavy atom. The molecule has 2 amide bonds. The van der Waals surface area contributed by atoms with E-state index in [0.717, 1.165) is 32.7 Å². The molecule has 0 spiro atoms. The van der Waals surface area contributed by atoms with E-state index >= 15 is 0 Å². The fraction of sp³-hybridized carbons (Fsp3) is 0.241. The summed E-state index contributed by atoms with van der Waals surface area (Å²) in [6, 6.07) is 24.4. The monoisotopic (exact) mass is 484 g/mol. The lowest BCUT2D eigenvalue weighted by atomic mass is 10.1. The normalized spacial score (nSPS) is 14.5. The number of nitrogens with one attached hydrogen (secondary N) is 2. The fourth-order valence-electron chi connectivity index (χ4n) is 4.09. The molecular formula is C29H32N4O3. The van der Waals surface area contributed by atoms with Crippen LogP contribution < -0.4 is 15.4 Å². The zero-order valence-corrected chi connectivity index (χ0v) is 20.5. The molecule has 186 valence electrons. The van der Waals surface area contributed by atoms with Crippen molar-refractivity contribution >= 4 is 29.3 Å². The van der Waals surface area contributed by atoms with Gasteiger partial charge in [-0.1, -0.05) is 54.6 Å². The van der Waals surface area contributed by atoms with Gasteiger partial charge in [-0.05, 0) is 42.0 Å². The standard InChI is InChI=1S/C29H32N4O3/c1-36-25-15-13-24(14-16-25)30-29(35)26-11-5-6-12-27(26)31-28(34)22-33-20-18-32(19-21-33)17-7-10-23-8-3-2-4-9-23/h2-16H,17-22H2,1H3,(H,30,35)(H,31,34). The first kappa shape index (κ1) is 25.2. The SMILES string of the molecule is COc1ccc(NC(=O)c2ccccc2NC(=O)CN2CCN(CC=Cc3ccccc3)CC2)cc1. The zero-order valence-electron chi connectivity index (χ0n) is 20.5. The maximum atomic E-state index is 12.9. The van der Waals surface area contributed by atoms with Gasteiger partial charge in [-0.15, -0.1) is 0 Å². The predicted octanol–water partition coefficient (Wildman–Crippen LogP) is 4.22. The molecule has 3 aromatic carbocycles. The van der Waals surface area contributed by atoms with Crippen molar-refractivity contribution in [1.29, 1.82) is 0 Å². The van der Waals surface area contributed by atoms with Crippen molar-refractivity contribution < 1.29 is 14.3 Å². The Morgan fingerprint density at radius 3 is 2.22 bits per heavy atom. The number of carbonyl (C=O) groups is 2. The second kappa shape index (κ2) is 12.7. The molecule has 2 N–H and O–H groups in total. The van der Waals surface area contributed by atoms with E-state index in [1.807, 2.05) is 24.3 Å². The molecule has 1 saturated heterocycles. The van der Waals surface area contributed by atoms with Gasteiger partial charge < -0.3 is 15.4 Å². The van der Waals surface area contributed by atoms with Crippen molar-refractivity contribution in [2.45, 2.75) is 0 Å². The number of amides is 2. The summed E-state index contributed by atoms with van der Waals surface area (Å²) in [7, 11) is 1.59. The molecule has 0 radical (unpaired) electrons. The fourth-order valence-corrected chi connectivity index (χ4v) is 4.09. The molecule has 0 saturated carbocycles. The van der Waals surface area contributed by atoms with Crippen molar-refractivity contribution in [3.63, 3.8) is 0 Å². The Balaban J connectivity index is 1.25. The van der Waals surface area contributed by atoms with Crippen LogP contribution in [0.15, 0.2) is 84.9 Å². The van der Waals surface area contributed by atoms with E-state index in [-0.39, 0.29) is 11.8 Å². The van der Waals surface area contributed by atoms with E-state index in [1.165, 1.54) is 5.56 Å². The number of para-hydroxylation sites is 1. The van der Waals surface area contributed by atoms with Crippen LogP contribution in [0.25, 0.3) is 6.08 Å². The van der Waals surface area contributed by atoms with Crippen LogP contribution in [0.1, 0.15) is 15.9 Å². The second-order valence-electron chi connectivity index (χ2n) is 8.67. The maximum Gasteiger partial charge on any atom is 0.257 e. The van der Waals surface area contributed by atoms with Crippen LogP contribution in [0.4, 0.5) is 11.4 Å². The third-order valence-corrected chi connectivity index (χ3v) is 6.10. The van der Waals surface area contributed by atoms with Crippen molar-refractivity contribution in [1.82, 2.24) is 9.80 Å². The van der Waals surface area contributed by atoms with Crippen LogP contribution >= 0.6 is 0 Å². The molecule has 7 nitrogen and oxygen atoms in total. The van der Waals surface area contributed by atoms with Gasteiger partial charge in [0.15, 0.2) is 0 Å². The van der Waals surface area contributed by atoms with Gasteiger partial charge in [0.05, 0.1) is 24.9 Å². The summed E-state index contributed by atoms with van der Waals surface area (Å²) in [6.07, 6.45) is 4.33. The second-order valence-corrected chi connectivity index (χ2v) is 8.67. The van der Waals surface area contributed by atoms with Crippen LogP contribution in [0, 0.1) is 0 Å². The zero-order chi connectivity index (χ0) is 25.2. The highest BCUT2D eigenvalue weighted by molar-refractivity contribution is 6.10. The van der Waals surface area contributed by atoms with Crippen molar-refractivity contribution in [2.24, 2.45) is 0 Å². The quantitative estimate of drug-likeness (QED) is 0.476. The Bertz CT molecular complexity index is 1170. The molecule has 0 aliphatic carbocycles. The third kappa shape index (κ3) is 7.28. The van der Waals surface area contributed by atoms with Crippen molar-refractivity contribution in [3.05, 3.63) is 96.1 Å². The molecule has 0 bridgehead atoms. The number of methoxy groups -OCH3 is 1. The molecule has 7 heteroatoms. The predicted molar refractivity (Wildman–Crippen MR) is 144 cm³/mol. The summed E-state index contributed by atoms with van der Waals surface area (Å²) in [5, 5.41) is 5.79. The first-order valence-corrected chi connectivity index (χ1v) is 12.1. The van der Waals surface area contributed by atoms with Gasteiger partial charge in [-0.25, -0.2) is 0 Å². The van der Waals surface area contributed by atoms with Crippen LogP contribution in [-0.2, 0) is 4.79 Å². The van der Waals surface area contributed by atoms with Crippen LogP contribution in [0.3, 0.4) is 0 Å². The van der Waals surface area contributed by atoms with E-state index in [9.17, 15) is 9.59 Å². The Morgan fingerprint density at radius 2 is 1.50 bits per heavy atom. The molecular weight excluding hydrogens is 452 g/mol. The summed E-state index contributed by atoms with van der Waals surface area (Å²) in [5.41, 5.74) is 2.76. The molecule has 1 fully saturated rings. The lowest BCUT2D eigenvalue weighted by molar-refractivity contribution is -0.117. The summed E-state index contributed by atoms with van der Waals surface area (Å²) in [4.78, 5) is 30.2. The minimum Gasteiger partial charge on any atom is -0.497 e. The number of piperazine rings is 1. The van der Waals surface area contributed by atoms with Gasteiger partial charge >= 0.3 is 0 Å².